The van der Waals surface area contributed by atoms with Crippen LogP contribution in [-0.4, -0.2) is 19.8 Å². The van der Waals surface area contributed by atoms with Crippen molar-refractivity contribution in [2.45, 2.75) is 30.1 Å². The second kappa shape index (κ2) is 4.90. The van der Waals surface area contributed by atoms with Crippen molar-refractivity contribution >= 4 is 21.4 Å². The maximum Gasteiger partial charge on any atom is 0.175 e. The third kappa shape index (κ3) is 2.74. The molecule has 106 valence electrons. The number of sulfone groups is 1. The Morgan fingerprint density at radius 3 is 2.75 bits per heavy atom. The number of halogens is 1. The number of hydrogen-bond donors (Lipinski definition) is 0. The predicted octanol–water partition coefficient (Wildman–Crippen LogP) is 3.20. The maximum atomic E-state index is 11.9. The van der Waals surface area contributed by atoms with Crippen LogP contribution in [0.1, 0.15) is 35.6 Å². The Labute approximate surface area is 122 Å². The average Bonchev–Trinajstić information content (AvgIpc) is 3.11. The third-order valence-electron chi connectivity index (χ3n) is 3.43. The Morgan fingerprint density at radius 2 is 2.10 bits per heavy atom. The molecule has 1 heterocycles. The fraction of sp³-hybridized carbons (Fsp3) is 0.357. The molecule has 6 heteroatoms. The molecule has 3 rings (SSSR count). The number of rotatable bonds is 4. The summed E-state index contributed by atoms with van der Waals surface area (Å²) in [6.45, 7) is 0. The quantitative estimate of drug-likeness (QED) is 0.870. The van der Waals surface area contributed by atoms with Gasteiger partial charge in [0.15, 0.2) is 9.84 Å². The van der Waals surface area contributed by atoms with Crippen LogP contribution in [0, 0.1) is 0 Å². The zero-order valence-corrected chi connectivity index (χ0v) is 12.5. The van der Waals surface area contributed by atoms with E-state index in [9.17, 15) is 8.42 Å². The van der Waals surface area contributed by atoms with Crippen molar-refractivity contribution in [3.8, 4) is 0 Å². The number of benzene rings is 1. The maximum absolute atomic E-state index is 11.9. The molecule has 4 nitrogen and oxygen atoms in total. The lowest BCUT2D eigenvalue weighted by Crippen LogP contribution is -2.03. The van der Waals surface area contributed by atoms with Gasteiger partial charge in [0.2, 0.25) is 0 Å². The fourth-order valence-electron chi connectivity index (χ4n) is 2.31. The lowest BCUT2D eigenvalue weighted by molar-refractivity contribution is 0.383. The first kappa shape index (κ1) is 13.6. The molecule has 0 aliphatic heterocycles. The molecule has 1 aromatic carbocycles. The van der Waals surface area contributed by atoms with E-state index in [1.807, 2.05) is 0 Å². The van der Waals surface area contributed by atoms with E-state index < -0.39 is 9.84 Å². The largest absolute Gasteiger partial charge is 0.361 e. The summed E-state index contributed by atoms with van der Waals surface area (Å²) < 4.78 is 29.0. The topological polar surface area (TPSA) is 60.2 Å². The van der Waals surface area contributed by atoms with Gasteiger partial charge in [0.1, 0.15) is 5.76 Å². The number of hydrogen-bond acceptors (Lipinski definition) is 4. The van der Waals surface area contributed by atoms with E-state index in [2.05, 4.69) is 5.16 Å². The highest BCUT2D eigenvalue weighted by Gasteiger charge is 2.30. The normalized spacial score (nSPS) is 15.5. The second-order valence-electron chi connectivity index (χ2n) is 5.19. The summed E-state index contributed by atoms with van der Waals surface area (Å²) in [6, 6.07) is 4.95. The third-order valence-corrected chi connectivity index (χ3v) is 4.85. The van der Waals surface area contributed by atoms with Crippen LogP contribution in [0.4, 0.5) is 0 Å². The Hall–Kier alpha value is -1.33. The van der Waals surface area contributed by atoms with Crippen LogP contribution >= 0.6 is 11.6 Å². The summed E-state index contributed by atoms with van der Waals surface area (Å²) in [5, 5.41) is 4.26. The first-order valence-corrected chi connectivity index (χ1v) is 8.64. The Morgan fingerprint density at radius 1 is 1.35 bits per heavy atom. The summed E-state index contributed by atoms with van der Waals surface area (Å²) >= 11 is 5.90. The van der Waals surface area contributed by atoms with Gasteiger partial charge in [0, 0.05) is 29.2 Å². The minimum atomic E-state index is -3.31. The minimum absolute atomic E-state index is 0.271. The van der Waals surface area contributed by atoms with Gasteiger partial charge in [-0.25, -0.2) is 8.42 Å². The highest BCUT2D eigenvalue weighted by atomic mass is 35.5. The van der Waals surface area contributed by atoms with E-state index in [1.165, 1.54) is 12.3 Å². The van der Waals surface area contributed by atoms with Crippen LogP contribution in [-0.2, 0) is 16.3 Å². The van der Waals surface area contributed by atoms with E-state index in [4.69, 9.17) is 16.1 Å². The molecule has 2 aromatic rings. The molecule has 1 aromatic heterocycles. The van der Waals surface area contributed by atoms with Crippen molar-refractivity contribution in [2.24, 2.45) is 0 Å². The van der Waals surface area contributed by atoms with E-state index in [0.29, 0.717) is 17.4 Å². The van der Waals surface area contributed by atoms with Gasteiger partial charge >= 0.3 is 0 Å². The summed E-state index contributed by atoms with van der Waals surface area (Å²) in [5.74, 6) is 1.33. The van der Waals surface area contributed by atoms with E-state index in [1.54, 1.807) is 18.3 Å². The lowest BCUT2D eigenvalue weighted by Gasteiger charge is -2.08. The fourth-order valence-corrected chi connectivity index (χ4v) is 3.50. The van der Waals surface area contributed by atoms with Gasteiger partial charge in [-0.05, 0) is 30.5 Å². The summed E-state index contributed by atoms with van der Waals surface area (Å²) in [5.41, 5.74) is 1.68. The molecular weight excluding hydrogens is 298 g/mol. The molecule has 0 unspecified atom stereocenters. The van der Waals surface area contributed by atoms with Crippen LogP contribution in [0.5, 0.6) is 0 Å². The molecule has 0 spiro atoms. The molecule has 1 saturated carbocycles. The van der Waals surface area contributed by atoms with Crippen molar-refractivity contribution in [3.63, 3.8) is 0 Å². The van der Waals surface area contributed by atoms with Gasteiger partial charge in [0.25, 0.3) is 0 Å². The second-order valence-corrected chi connectivity index (χ2v) is 7.61. The SMILES string of the molecule is CS(=O)(=O)c1cc(Cl)ccc1Cc1cnoc1C1CC1. The van der Waals surface area contributed by atoms with E-state index in [-0.39, 0.29) is 4.90 Å². The average molecular weight is 312 g/mol. The van der Waals surface area contributed by atoms with Crippen molar-refractivity contribution < 1.29 is 12.9 Å². The van der Waals surface area contributed by atoms with Crippen LogP contribution in [0.15, 0.2) is 33.8 Å². The van der Waals surface area contributed by atoms with Crippen LogP contribution in [0.3, 0.4) is 0 Å². The first-order chi connectivity index (χ1) is 9.45. The van der Waals surface area contributed by atoms with E-state index >= 15 is 0 Å². The summed E-state index contributed by atoms with van der Waals surface area (Å²) in [7, 11) is -3.31. The molecule has 0 amide bonds. The standard InChI is InChI=1S/C14H14ClNO3S/c1-20(17,18)13-7-12(15)5-4-10(13)6-11-8-16-19-14(11)9-2-3-9/h4-5,7-9H,2-3,6H2,1H3. The van der Waals surface area contributed by atoms with Crippen LogP contribution in [0.25, 0.3) is 0 Å². The van der Waals surface area contributed by atoms with Gasteiger partial charge in [-0.1, -0.05) is 22.8 Å². The molecule has 0 radical (unpaired) electrons. The molecular formula is C14H14ClNO3S. The van der Waals surface area contributed by atoms with Gasteiger partial charge in [-0.2, -0.15) is 0 Å². The van der Waals surface area contributed by atoms with Crippen molar-refractivity contribution in [3.05, 3.63) is 46.3 Å². The molecule has 0 atom stereocenters. The highest BCUT2D eigenvalue weighted by Crippen LogP contribution is 2.42. The van der Waals surface area contributed by atoms with Crippen LogP contribution < -0.4 is 0 Å². The molecule has 0 bridgehead atoms. The van der Waals surface area contributed by atoms with Crippen molar-refractivity contribution in [1.82, 2.24) is 5.16 Å². The first-order valence-electron chi connectivity index (χ1n) is 6.37. The molecule has 1 fully saturated rings. The smallest absolute Gasteiger partial charge is 0.175 e. The van der Waals surface area contributed by atoms with Gasteiger partial charge in [0.05, 0.1) is 11.1 Å². The zero-order valence-electron chi connectivity index (χ0n) is 11.0. The van der Waals surface area contributed by atoms with Crippen molar-refractivity contribution in [1.29, 1.82) is 0 Å². The lowest BCUT2D eigenvalue weighted by atomic mass is 10.0. The molecule has 0 N–H and O–H groups in total. The molecule has 1 aliphatic rings. The number of nitrogens with zero attached hydrogens (tertiary/aromatic N) is 1. The summed E-state index contributed by atoms with van der Waals surface area (Å²) in [6.07, 6.45) is 5.59. The zero-order chi connectivity index (χ0) is 14.3. The van der Waals surface area contributed by atoms with Gasteiger partial charge in [-0.15, -0.1) is 0 Å². The van der Waals surface area contributed by atoms with Crippen LogP contribution in [0.2, 0.25) is 5.02 Å². The molecule has 1 aliphatic carbocycles. The van der Waals surface area contributed by atoms with Gasteiger partial charge < -0.3 is 4.52 Å². The van der Waals surface area contributed by atoms with Crippen molar-refractivity contribution in [2.75, 3.05) is 6.26 Å². The molecule has 0 saturated heterocycles. The highest BCUT2D eigenvalue weighted by molar-refractivity contribution is 7.90. The Balaban J connectivity index is 2.00. The summed E-state index contributed by atoms with van der Waals surface area (Å²) in [4.78, 5) is 0.271. The monoisotopic (exact) mass is 311 g/mol. The Kier molecular flexibility index (Phi) is 3.34. The Bertz CT molecular complexity index is 748. The van der Waals surface area contributed by atoms with E-state index in [0.717, 1.165) is 29.7 Å². The minimum Gasteiger partial charge on any atom is -0.361 e. The number of aromatic nitrogens is 1. The molecule has 20 heavy (non-hydrogen) atoms. The van der Waals surface area contributed by atoms with Gasteiger partial charge in [-0.3, -0.25) is 0 Å². The predicted molar refractivity (Wildman–Crippen MR) is 75.8 cm³/mol.